The molecule has 1 unspecified atom stereocenters. The minimum Gasteiger partial charge on any atom is -0.497 e. The first kappa shape index (κ1) is 21.9. The van der Waals surface area contributed by atoms with Gasteiger partial charge in [-0.1, -0.05) is 30.3 Å². The predicted molar refractivity (Wildman–Crippen MR) is 108 cm³/mol. The Balaban J connectivity index is 2.32. The molecule has 0 heterocycles. The average Bonchev–Trinajstić information content (AvgIpc) is 2.72. The fourth-order valence-electron chi connectivity index (χ4n) is 2.97. The summed E-state index contributed by atoms with van der Waals surface area (Å²) in [6.45, 7) is 4.05. The molecule has 1 N–H and O–H groups in total. The van der Waals surface area contributed by atoms with Crippen molar-refractivity contribution in [1.82, 2.24) is 10.2 Å². The molecular formula is C21H25N3O5. The summed E-state index contributed by atoms with van der Waals surface area (Å²) in [7, 11) is 1.55. The molecule has 2 aromatic rings. The molecule has 0 aromatic heterocycles. The molecule has 0 spiro atoms. The van der Waals surface area contributed by atoms with E-state index in [1.54, 1.807) is 57.4 Å². The third-order valence-corrected chi connectivity index (χ3v) is 4.54. The number of amides is 2. The van der Waals surface area contributed by atoms with Gasteiger partial charge in [0.05, 0.1) is 18.5 Å². The van der Waals surface area contributed by atoms with Gasteiger partial charge in [0, 0.05) is 24.7 Å². The van der Waals surface area contributed by atoms with Gasteiger partial charge in [0.1, 0.15) is 11.8 Å². The number of hydrogen-bond acceptors (Lipinski definition) is 5. The first-order chi connectivity index (χ1) is 13.9. The molecule has 0 aliphatic carbocycles. The summed E-state index contributed by atoms with van der Waals surface area (Å²) < 4.78 is 5.22. The van der Waals surface area contributed by atoms with Gasteiger partial charge in [-0.15, -0.1) is 0 Å². The number of rotatable bonds is 9. The van der Waals surface area contributed by atoms with Crippen molar-refractivity contribution in [2.24, 2.45) is 0 Å². The maximum Gasteiger partial charge on any atom is 0.273 e. The smallest absolute Gasteiger partial charge is 0.273 e. The Labute approximate surface area is 169 Å². The van der Waals surface area contributed by atoms with Gasteiger partial charge in [-0.05, 0) is 31.5 Å². The van der Waals surface area contributed by atoms with Crippen LogP contribution in [0.15, 0.2) is 48.5 Å². The van der Waals surface area contributed by atoms with E-state index in [0.717, 1.165) is 5.56 Å². The van der Waals surface area contributed by atoms with Crippen molar-refractivity contribution >= 4 is 17.5 Å². The van der Waals surface area contributed by atoms with Crippen LogP contribution in [0.2, 0.25) is 0 Å². The molecule has 2 amide bonds. The molecule has 0 aliphatic rings. The molecule has 0 aliphatic heterocycles. The van der Waals surface area contributed by atoms with E-state index in [0.29, 0.717) is 17.9 Å². The van der Waals surface area contributed by atoms with E-state index in [-0.39, 0.29) is 30.5 Å². The van der Waals surface area contributed by atoms with E-state index < -0.39 is 11.0 Å². The van der Waals surface area contributed by atoms with Gasteiger partial charge in [-0.25, -0.2) is 0 Å². The molecule has 8 heteroatoms. The third-order valence-electron chi connectivity index (χ3n) is 4.54. The number of benzene rings is 2. The highest BCUT2D eigenvalue weighted by Gasteiger charge is 2.27. The summed E-state index contributed by atoms with van der Waals surface area (Å²) in [5.41, 5.74) is 0.977. The van der Waals surface area contributed by atoms with Crippen LogP contribution in [0.5, 0.6) is 5.75 Å². The van der Waals surface area contributed by atoms with E-state index in [4.69, 9.17) is 4.74 Å². The second-order valence-corrected chi connectivity index (χ2v) is 6.51. The zero-order valence-corrected chi connectivity index (χ0v) is 16.8. The molecule has 2 rings (SSSR count). The number of carbonyl (C=O) groups excluding carboxylic acids is 2. The van der Waals surface area contributed by atoms with Crippen LogP contribution in [0.4, 0.5) is 5.69 Å². The lowest BCUT2D eigenvalue weighted by Crippen LogP contribution is -2.48. The zero-order valence-electron chi connectivity index (χ0n) is 16.8. The lowest BCUT2D eigenvalue weighted by atomic mass is 10.1. The van der Waals surface area contributed by atoms with Crippen molar-refractivity contribution in [3.8, 4) is 5.75 Å². The number of nitro groups is 1. The van der Waals surface area contributed by atoms with Crippen LogP contribution < -0.4 is 10.1 Å². The molecule has 1 atom stereocenters. The fraction of sp³-hybridized carbons (Fsp3) is 0.333. The summed E-state index contributed by atoms with van der Waals surface area (Å²) >= 11 is 0. The lowest BCUT2D eigenvalue weighted by molar-refractivity contribution is -0.385. The van der Waals surface area contributed by atoms with Gasteiger partial charge in [0.15, 0.2) is 0 Å². The Bertz CT molecular complexity index is 884. The largest absolute Gasteiger partial charge is 0.497 e. The minimum atomic E-state index is -0.739. The Kier molecular flexibility index (Phi) is 7.70. The predicted octanol–water partition coefficient (Wildman–Crippen LogP) is 2.70. The summed E-state index contributed by atoms with van der Waals surface area (Å²) in [4.78, 5) is 37.7. The number of nitrogens with one attached hydrogen (secondary N) is 1. The van der Waals surface area contributed by atoms with Crippen LogP contribution >= 0.6 is 0 Å². The molecule has 0 fully saturated rings. The Morgan fingerprint density at radius 2 is 1.93 bits per heavy atom. The van der Waals surface area contributed by atoms with E-state index in [2.05, 4.69) is 5.32 Å². The van der Waals surface area contributed by atoms with Crippen LogP contribution in [0.3, 0.4) is 0 Å². The van der Waals surface area contributed by atoms with Crippen molar-refractivity contribution in [2.75, 3.05) is 13.7 Å². The SMILES string of the molecule is CCNC(=O)C(C)N(Cc1cccc(OC)c1)C(=O)Cc1ccccc1[N+](=O)[O-]. The summed E-state index contributed by atoms with van der Waals surface area (Å²) in [6.07, 6.45) is -0.176. The van der Waals surface area contributed by atoms with Crippen molar-refractivity contribution in [3.63, 3.8) is 0 Å². The maximum atomic E-state index is 13.1. The molecular weight excluding hydrogens is 374 g/mol. The van der Waals surface area contributed by atoms with Gasteiger partial charge in [-0.2, -0.15) is 0 Å². The molecule has 29 heavy (non-hydrogen) atoms. The maximum absolute atomic E-state index is 13.1. The minimum absolute atomic E-state index is 0.118. The zero-order chi connectivity index (χ0) is 21.4. The van der Waals surface area contributed by atoms with Crippen LogP contribution in [0.25, 0.3) is 0 Å². The highest BCUT2D eigenvalue weighted by molar-refractivity contribution is 5.88. The Morgan fingerprint density at radius 3 is 2.59 bits per heavy atom. The standard InChI is InChI=1S/C21H25N3O5/c1-4-22-21(26)15(2)23(14-16-8-7-10-18(12-16)29-3)20(25)13-17-9-5-6-11-19(17)24(27)28/h5-12,15H,4,13-14H2,1-3H3,(H,22,26). The molecule has 2 aromatic carbocycles. The highest BCUT2D eigenvalue weighted by atomic mass is 16.6. The van der Waals surface area contributed by atoms with E-state index in [1.165, 1.54) is 11.0 Å². The number of likely N-dealkylation sites (N-methyl/N-ethyl adjacent to an activating group) is 1. The van der Waals surface area contributed by atoms with E-state index >= 15 is 0 Å². The number of carbonyl (C=O) groups is 2. The summed E-state index contributed by atoms with van der Waals surface area (Å²) in [5.74, 6) is -0.0218. The van der Waals surface area contributed by atoms with Gasteiger partial charge >= 0.3 is 0 Å². The summed E-state index contributed by atoms with van der Waals surface area (Å²) in [5, 5.41) is 14.0. The third kappa shape index (κ3) is 5.78. The van der Waals surface area contributed by atoms with Gasteiger partial charge in [-0.3, -0.25) is 19.7 Å². The quantitative estimate of drug-likeness (QED) is 0.516. The van der Waals surface area contributed by atoms with Gasteiger partial charge in [0.2, 0.25) is 11.8 Å². The van der Waals surface area contributed by atoms with Crippen LogP contribution in [-0.2, 0) is 22.6 Å². The van der Waals surface area contributed by atoms with Gasteiger partial charge < -0.3 is 15.0 Å². The van der Waals surface area contributed by atoms with Gasteiger partial charge in [0.25, 0.3) is 5.69 Å². The van der Waals surface area contributed by atoms with Crippen LogP contribution in [-0.4, -0.2) is 41.3 Å². The van der Waals surface area contributed by atoms with Crippen LogP contribution in [0.1, 0.15) is 25.0 Å². The molecule has 154 valence electrons. The second kappa shape index (κ2) is 10.2. The molecule has 8 nitrogen and oxygen atoms in total. The number of para-hydroxylation sites is 1. The Morgan fingerprint density at radius 1 is 1.21 bits per heavy atom. The normalized spacial score (nSPS) is 11.4. The summed E-state index contributed by atoms with van der Waals surface area (Å²) in [6, 6.07) is 12.6. The Hall–Kier alpha value is -3.42. The van der Waals surface area contributed by atoms with Crippen molar-refractivity contribution in [1.29, 1.82) is 0 Å². The first-order valence-corrected chi connectivity index (χ1v) is 9.29. The van der Waals surface area contributed by atoms with Crippen molar-refractivity contribution in [2.45, 2.75) is 32.9 Å². The average molecular weight is 399 g/mol. The van der Waals surface area contributed by atoms with Crippen LogP contribution in [0, 0.1) is 10.1 Å². The molecule has 0 bridgehead atoms. The fourth-order valence-corrected chi connectivity index (χ4v) is 2.97. The number of methoxy groups -OCH3 is 1. The monoisotopic (exact) mass is 399 g/mol. The lowest BCUT2D eigenvalue weighted by Gasteiger charge is -2.29. The molecule has 0 saturated heterocycles. The number of ether oxygens (including phenoxy) is 1. The topological polar surface area (TPSA) is 102 Å². The number of nitrogens with zero attached hydrogens (tertiary/aromatic N) is 2. The van der Waals surface area contributed by atoms with Crippen molar-refractivity contribution < 1.29 is 19.2 Å². The highest BCUT2D eigenvalue weighted by Crippen LogP contribution is 2.21. The number of hydrogen-bond donors (Lipinski definition) is 1. The second-order valence-electron chi connectivity index (χ2n) is 6.51. The van der Waals surface area contributed by atoms with E-state index in [1.807, 2.05) is 6.07 Å². The van der Waals surface area contributed by atoms with Crippen molar-refractivity contribution in [3.05, 3.63) is 69.8 Å². The molecule has 0 saturated carbocycles. The first-order valence-electron chi connectivity index (χ1n) is 9.29. The number of nitro benzene ring substituents is 1. The molecule has 0 radical (unpaired) electrons. The van der Waals surface area contributed by atoms with E-state index in [9.17, 15) is 19.7 Å².